The number of nitrogens with two attached hydrogens (primary N) is 3. The zero-order valence-electron chi connectivity index (χ0n) is 24.1. The number of allylic oxidation sites excluding steroid dienone is 3. The minimum atomic E-state index is -0.916. The third kappa shape index (κ3) is 15.3. The normalized spacial score (nSPS) is 13.0. The summed E-state index contributed by atoms with van der Waals surface area (Å²) in [5.74, 6) is 0.770. The van der Waals surface area contributed by atoms with E-state index in [4.69, 9.17) is 22.6 Å². The second kappa shape index (κ2) is 19.4. The number of nitrogens with one attached hydrogen (secondary N) is 2. The van der Waals surface area contributed by atoms with Gasteiger partial charge in [0.25, 0.3) is 5.91 Å². The molecule has 0 saturated carbocycles. The summed E-state index contributed by atoms with van der Waals surface area (Å²) in [6, 6.07) is 16.9. The molecule has 0 aromatic heterocycles. The SMILES string of the molecule is CCCCS(=O)Cc1cccc(CC(=O)N=C(N)SC(=N)CCCC/C(N)=C/C=C(\N)NC(=O)Cc2ccccc2)c1. The van der Waals surface area contributed by atoms with Crippen molar-refractivity contribution in [1.29, 1.82) is 5.41 Å². The minimum Gasteiger partial charge on any atom is -0.402 e. The summed E-state index contributed by atoms with van der Waals surface area (Å²) in [6.45, 7) is 2.07. The van der Waals surface area contributed by atoms with Crippen molar-refractivity contribution in [2.75, 3.05) is 5.75 Å². The van der Waals surface area contributed by atoms with E-state index in [2.05, 4.69) is 17.2 Å². The van der Waals surface area contributed by atoms with E-state index in [1.165, 1.54) is 0 Å². The van der Waals surface area contributed by atoms with Gasteiger partial charge < -0.3 is 22.5 Å². The number of amides is 2. The lowest BCUT2D eigenvalue weighted by Crippen LogP contribution is -2.28. The first-order chi connectivity index (χ1) is 20.1. The molecule has 0 aliphatic heterocycles. The molecule has 1 unspecified atom stereocenters. The van der Waals surface area contributed by atoms with Gasteiger partial charge in [0.15, 0.2) is 5.17 Å². The molecule has 226 valence electrons. The molecule has 0 saturated heterocycles. The molecule has 2 amide bonds. The maximum atomic E-state index is 12.4. The second-order valence-corrected chi connectivity index (χ2v) is 12.5. The molecular weight excluding hydrogens is 569 g/mol. The van der Waals surface area contributed by atoms with E-state index in [1.807, 2.05) is 54.6 Å². The first-order valence-electron chi connectivity index (χ1n) is 13.9. The number of benzene rings is 2. The summed E-state index contributed by atoms with van der Waals surface area (Å²) >= 11 is 0.975. The first-order valence-corrected chi connectivity index (χ1v) is 16.3. The molecule has 2 aromatic carbocycles. The fourth-order valence-corrected chi connectivity index (χ4v) is 5.81. The van der Waals surface area contributed by atoms with E-state index in [-0.39, 0.29) is 29.7 Å². The highest BCUT2D eigenvalue weighted by Crippen LogP contribution is 2.14. The Hall–Kier alpha value is -3.70. The quantitative estimate of drug-likeness (QED) is 0.0809. The van der Waals surface area contributed by atoms with Gasteiger partial charge in [0.2, 0.25) is 5.91 Å². The molecule has 42 heavy (non-hydrogen) atoms. The Labute approximate surface area is 255 Å². The van der Waals surface area contributed by atoms with Crippen molar-refractivity contribution in [2.24, 2.45) is 22.2 Å². The van der Waals surface area contributed by atoms with Crippen LogP contribution in [-0.4, -0.2) is 32.0 Å². The van der Waals surface area contributed by atoms with E-state index < -0.39 is 16.7 Å². The van der Waals surface area contributed by atoms with E-state index >= 15 is 0 Å². The molecule has 0 aliphatic carbocycles. The number of unbranched alkanes of at least 4 members (excludes halogenated alkanes) is 2. The molecular formula is C31H42N6O3S2. The van der Waals surface area contributed by atoms with E-state index in [9.17, 15) is 13.8 Å². The predicted molar refractivity (Wildman–Crippen MR) is 175 cm³/mol. The molecule has 0 radical (unpaired) electrons. The van der Waals surface area contributed by atoms with E-state index in [0.29, 0.717) is 41.5 Å². The fourth-order valence-electron chi connectivity index (χ4n) is 3.85. The van der Waals surface area contributed by atoms with Crippen molar-refractivity contribution in [2.45, 2.75) is 64.0 Å². The molecule has 2 aromatic rings. The average Bonchev–Trinajstić information content (AvgIpc) is 2.93. The monoisotopic (exact) mass is 610 g/mol. The Kier molecular flexibility index (Phi) is 16.0. The van der Waals surface area contributed by atoms with Crippen LogP contribution >= 0.6 is 11.8 Å². The van der Waals surface area contributed by atoms with E-state index in [0.717, 1.165) is 47.7 Å². The van der Waals surface area contributed by atoms with Crippen LogP contribution in [0.3, 0.4) is 0 Å². The lowest BCUT2D eigenvalue weighted by molar-refractivity contribution is -0.120. The van der Waals surface area contributed by atoms with Gasteiger partial charge in [-0.15, -0.1) is 0 Å². The molecule has 0 heterocycles. The van der Waals surface area contributed by atoms with Gasteiger partial charge in [-0.1, -0.05) is 67.9 Å². The Balaban J connectivity index is 1.69. The highest BCUT2D eigenvalue weighted by Gasteiger charge is 2.09. The number of carbonyl (C=O) groups is 2. The van der Waals surface area contributed by atoms with Crippen LogP contribution in [0.15, 0.2) is 83.3 Å². The number of thioether (sulfide) groups is 1. The highest BCUT2D eigenvalue weighted by molar-refractivity contribution is 8.26. The van der Waals surface area contributed by atoms with Gasteiger partial charge in [-0.05, 0) is 72.7 Å². The Morgan fingerprint density at radius 3 is 2.36 bits per heavy atom. The molecule has 8 N–H and O–H groups in total. The molecule has 11 heteroatoms. The molecule has 0 aliphatic rings. The van der Waals surface area contributed by atoms with Gasteiger partial charge in [-0.2, -0.15) is 4.99 Å². The van der Waals surface area contributed by atoms with Gasteiger partial charge in [0, 0.05) is 28.0 Å². The number of amidine groups is 1. The van der Waals surface area contributed by atoms with Gasteiger partial charge in [0.1, 0.15) is 5.82 Å². The number of nitrogens with zero attached hydrogens (tertiary/aromatic N) is 1. The largest absolute Gasteiger partial charge is 0.402 e. The predicted octanol–water partition coefficient (Wildman–Crippen LogP) is 4.39. The van der Waals surface area contributed by atoms with Crippen molar-refractivity contribution < 1.29 is 13.8 Å². The first kappa shape index (κ1) is 34.5. The summed E-state index contributed by atoms with van der Waals surface area (Å²) in [5, 5.41) is 11.1. The number of hydrogen-bond donors (Lipinski definition) is 5. The second-order valence-electron chi connectivity index (χ2n) is 9.79. The van der Waals surface area contributed by atoms with Crippen LogP contribution in [0.25, 0.3) is 0 Å². The summed E-state index contributed by atoms with van der Waals surface area (Å²) in [4.78, 5) is 28.4. The number of hydrogen-bond acceptors (Lipinski definition) is 7. The average molecular weight is 611 g/mol. The minimum absolute atomic E-state index is 0.0381. The van der Waals surface area contributed by atoms with Crippen LogP contribution in [0, 0.1) is 5.41 Å². The zero-order chi connectivity index (χ0) is 30.7. The van der Waals surface area contributed by atoms with Crippen LogP contribution in [0.1, 0.15) is 62.1 Å². The molecule has 1 atom stereocenters. The van der Waals surface area contributed by atoms with Crippen molar-refractivity contribution in [3.05, 3.63) is 95.0 Å². The summed E-state index contributed by atoms with van der Waals surface area (Å²) in [7, 11) is -0.916. The van der Waals surface area contributed by atoms with Crippen LogP contribution in [0.4, 0.5) is 0 Å². The lowest BCUT2D eigenvalue weighted by atomic mass is 10.1. The third-order valence-electron chi connectivity index (χ3n) is 5.95. The maximum Gasteiger partial charge on any atom is 0.252 e. The topological polar surface area (TPSA) is 178 Å². The van der Waals surface area contributed by atoms with Gasteiger partial charge in [0.05, 0.1) is 17.9 Å². The Morgan fingerprint density at radius 1 is 0.929 bits per heavy atom. The highest BCUT2D eigenvalue weighted by atomic mass is 32.2. The van der Waals surface area contributed by atoms with Crippen molar-refractivity contribution in [3.63, 3.8) is 0 Å². The molecule has 0 spiro atoms. The number of carbonyl (C=O) groups excluding carboxylic acids is 2. The zero-order valence-corrected chi connectivity index (χ0v) is 25.8. The van der Waals surface area contributed by atoms with Gasteiger partial charge in [-0.25, -0.2) is 0 Å². The molecule has 0 fully saturated rings. The summed E-state index contributed by atoms with van der Waals surface area (Å²) < 4.78 is 12.2. The van der Waals surface area contributed by atoms with Crippen LogP contribution < -0.4 is 22.5 Å². The lowest BCUT2D eigenvalue weighted by Gasteiger charge is -2.06. The summed E-state index contributed by atoms with van der Waals surface area (Å²) in [5.41, 5.74) is 21.0. The number of aliphatic imine (C=N–C) groups is 1. The van der Waals surface area contributed by atoms with Gasteiger partial charge in [-0.3, -0.25) is 19.2 Å². The van der Waals surface area contributed by atoms with Crippen LogP contribution in [0.2, 0.25) is 0 Å². The van der Waals surface area contributed by atoms with E-state index in [1.54, 1.807) is 12.2 Å². The van der Waals surface area contributed by atoms with Crippen molar-refractivity contribution in [1.82, 2.24) is 5.32 Å². The van der Waals surface area contributed by atoms with Crippen LogP contribution in [0.5, 0.6) is 0 Å². The van der Waals surface area contributed by atoms with Crippen molar-refractivity contribution in [3.8, 4) is 0 Å². The molecule has 9 nitrogen and oxygen atoms in total. The molecule has 0 bridgehead atoms. The maximum absolute atomic E-state index is 12.4. The summed E-state index contributed by atoms with van der Waals surface area (Å²) in [6.07, 6.45) is 8.03. The Bertz CT molecular complexity index is 1310. The Morgan fingerprint density at radius 2 is 1.62 bits per heavy atom. The van der Waals surface area contributed by atoms with Gasteiger partial charge >= 0.3 is 0 Å². The molecule has 2 rings (SSSR count). The van der Waals surface area contributed by atoms with Crippen LogP contribution in [-0.2, 0) is 39.0 Å². The smallest absolute Gasteiger partial charge is 0.252 e. The standard InChI is InChI=1S/C31H42N6O3S2/c1-2-3-18-42(40)22-25-13-9-12-24(19-25)21-30(39)37-31(35)41-28(34)15-8-7-14-26(32)16-17-27(33)36-29(38)20-23-10-5-4-6-11-23/h4-6,9-13,16-17,19,34H,2-3,7-8,14-15,18,20-22,32-33H2,1H3,(H,36,38)(H2,35,37,39)/b26-16-,27-17+,34-28?. The van der Waals surface area contributed by atoms with Crippen molar-refractivity contribution >= 4 is 44.6 Å². The third-order valence-corrected chi connectivity index (χ3v) is 8.10. The number of rotatable bonds is 16. The fraction of sp³-hybridized carbons (Fsp3) is 0.355.